The molecule has 6 heteroatoms. The van der Waals surface area contributed by atoms with E-state index in [9.17, 15) is 4.79 Å². The van der Waals surface area contributed by atoms with E-state index in [0.717, 1.165) is 6.42 Å². The average molecular weight is 280 g/mol. The molecule has 1 fully saturated rings. The number of methoxy groups -OCH3 is 3. The van der Waals surface area contributed by atoms with Crippen LogP contribution in [0.4, 0.5) is 0 Å². The van der Waals surface area contributed by atoms with Gasteiger partial charge in [-0.25, -0.2) is 0 Å². The van der Waals surface area contributed by atoms with Crippen LogP contribution in [0.5, 0.6) is 17.2 Å². The van der Waals surface area contributed by atoms with Crippen LogP contribution in [0.15, 0.2) is 12.1 Å². The van der Waals surface area contributed by atoms with Crippen LogP contribution in [0.1, 0.15) is 16.8 Å². The Labute approximate surface area is 118 Å². The second-order valence-corrected chi connectivity index (χ2v) is 4.71. The molecule has 0 unspecified atom stereocenters. The van der Waals surface area contributed by atoms with E-state index in [1.54, 1.807) is 17.0 Å². The maximum absolute atomic E-state index is 12.4. The van der Waals surface area contributed by atoms with E-state index in [1.807, 2.05) is 0 Å². The molecule has 110 valence electrons. The Morgan fingerprint density at radius 3 is 2.20 bits per heavy atom. The number of likely N-dealkylation sites (tertiary alicyclic amines) is 1. The summed E-state index contributed by atoms with van der Waals surface area (Å²) in [6.45, 7) is 1.26. The molecule has 0 saturated carbocycles. The van der Waals surface area contributed by atoms with Gasteiger partial charge in [0, 0.05) is 24.7 Å². The van der Waals surface area contributed by atoms with Crippen molar-refractivity contribution in [2.75, 3.05) is 34.4 Å². The van der Waals surface area contributed by atoms with Crippen molar-refractivity contribution in [3.05, 3.63) is 17.7 Å². The minimum Gasteiger partial charge on any atom is -0.493 e. The number of nitrogens with two attached hydrogens (primary N) is 1. The predicted octanol–water partition coefficient (Wildman–Crippen LogP) is 0.886. The molecule has 2 rings (SSSR count). The highest BCUT2D eigenvalue weighted by atomic mass is 16.5. The zero-order chi connectivity index (χ0) is 14.7. The Kier molecular flexibility index (Phi) is 4.34. The normalized spacial score (nSPS) is 18.0. The Morgan fingerprint density at radius 2 is 1.80 bits per heavy atom. The molecule has 0 aromatic heterocycles. The lowest BCUT2D eigenvalue weighted by Crippen LogP contribution is -2.31. The molecule has 0 aliphatic carbocycles. The van der Waals surface area contributed by atoms with Gasteiger partial charge < -0.3 is 24.8 Å². The third-order valence-corrected chi connectivity index (χ3v) is 3.42. The summed E-state index contributed by atoms with van der Waals surface area (Å²) in [5.74, 6) is 1.35. The maximum Gasteiger partial charge on any atom is 0.254 e. The van der Waals surface area contributed by atoms with Crippen molar-refractivity contribution in [2.45, 2.75) is 12.5 Å². The van der Waals surface area contributed by atoms with Crippen molar-refractivity contribution in [1.82, 2.24) is 4.90 Å². The van der Waals surface area contributed by atoms with Crippen LogP contribution in [-0.2, 0) is 0 Å². The molecule has 1 amide bonds. The van der Waals surface area contributed by atoms with E-state index < -0.39 is 0 Å². The quantitative estimate of drug-likeness (QED) is 0.886. The monoisotopic (exact) mass is 280 g/mol. The first-order chi connectivity index (χ1) is 9.60. The van der Waals surface area contributed by atoms with Crippen molar-refractivity contribution >= 4 is 5.91 Å². The van der Waals surface area contributed by atoms with E-state index >= 15 is 0 Å². The number of amides is 1. The van der Waals surface area contributed by atoms with Crippen LogP contribution in [0.3, 0.4) is 0 Å². The summed E-state index contributed by atoms with van der Waals surface area (Å²) in [4.78, 5) is 14.2. The second kappa shape index (κ2) is 6.00. The zero-order valence-electron chi connectivity index (χ0n) is 12.0. The summed E-state index contributed by atoms with van der Waals surface area (Å²) in [6.07, 6.45) is 0.830. The van der Waals surface area contributed by atoms with E-state index in [0.29, 0.717) is 35.9 Å². The van der Waals surface area contributed by atoms with Gasteiger partial charge in [-0.2, -0.15) is 0 Å². The first-order valence-electron chi connectivity index (χ1n) is 6.45. The summed E-state index contributed by atoms with van der Waals surface area (Å²) in [6, 6.07) is 3.38. The van der Waals surface area contributed by atoms with Gasteiger partial charge in [0.05, 0.1) is 21.3 Å². The van der Waals surface area contributed by atoms with Gasteiger partial charge in [0.1, 0.15) is 0 Å². The van der Waals surface area contributed by atoms with Gasteiger partial charge in [-0.3, -0.25) is 4.79 Å². The highest BCUT2D eigenvalue weighted by molar-refractivity contribution is 5.95. The SMILES string of the molecule is COc1cc(C(=O)N2CC[C@@H](N)C2)cc(OC)c1OC. The number of carbonyl (C=O) groups excluding carboxylic acids is 1. The van der Waals surface area contributed by atoms with E-state index in [1.165, 1.54) is 21.3 Å². The second-order valence-electron chi connectivity index (χ2n) is 4.71. The molecule has 1 saturated heterocycles. The predicted molar refractivity (Wildman–Crippen MR) is 74.6 cm³/mol. The van der Waals surface area contributed by atoms with Crippen LogP contribution in [0.2, 0.25) is 0 Å². The highest BCUT2D eigenvalue weighted by Gasteiger charge is 2.26. The molecule has 1 heterocycles. The van der Waals surface area contributed by atoms with Gasteiger partial charge in [0.2, 0.25) is 5.75 Å². The molecular weight excluding hydrogens is 260 g/mol. The van der Waals surface area contributed by atoms with Gasteiger partial charge in [-0.1, -0.05) is 0 Å². The fourth-order valence-corrected chi connectivity index (χ4v) is 2.36. The lowest BCUT2D eigenvalue weighted by atomic mass is 10.1. The molecular formula is C14H20N2O4. The van der Waals surface area contributed by atoms with Gasteiger partial charge >= 0.3 is 0 Å². The Balaban J connectivity index is 2.34. The molecule has 1 aromatic rings. The third kappa shape index (κ3) is 2.65. The Morgan fingerprint density at radius 1 is 1.20 bits per heavy atom. The molecule has 20 heavy (non-hydrogen) atoms. The van der Waals surface area contributed by atoms with Gasteiger partial charge in [0.15, 0.2) is 11.5 Å². The van der Waals surface area contributed by atoms with Gasteiger partial charge in [-0.15, -0.1) is 0 Å². The number of hydrogen-bond acceptors (Lipinski definition) is 5. The average Bonchev–Trinajstić information content (AvgIpc) is 2.91. The fourth-order valence-electron chi connectivity index (χ4n) is 2.36. The summed E-state index contributed by atoms with van der Waals surface area (Å²) in [7, 11) is 4.58. The summed E-state index contributed by atoms with van der Waals surface area (Å²) in [5.41, 5.74) is 6.34. The standard InChI is InChI=1S/C14H20N2O4/c1-18-11-6-9(7-12(19-2)13(11)20-3)14(17)16-5-4-10(15)8-16/h6-7,10H,4-5,8,15H2,1-3H3/t10-/m1/s1. The number of hydrogen-bond donors (Lipinski definition) is 1. The van der Waals surface area contributed by atoms with Crippen LogP contribution in [0, 0.1) is 0 Å². The summed E-state index contributed by atoms with van der Waals surface area (Å²) >= 11 is 0. The third-order valence-electron chi connectivity index (χ3n) is 3.42. The van der Waals surface area contributed by atoms with Crippen LogP contribution in [-0.4, -0.2) is 51.3 Å². The number of ether oxygens (including phenoxy) is 3. The first-order valence-corrected chi connectivity index (χ1v) is 6.45. The molecule has 1 aromatic carbocycles. The summed E-state index contributed by atoms with van der Waals surface area (Å²) in [5, 5.41) is 0. The molecule has 1 aliphatic heterocycles. The van der Waals surface area contributed by atoms with Crippen molar-refractivity contribution in [3.8, 4) is 17.2 Å². The highest BCUT2D eigenvalue weighted by Crippen LogP contribution is 2.38. The van der Waals surface area contributed by atoms with Crippen molar-refractivity contribution in [2.24, 2.45) is 5.73 Å². The van der Waals surface area contributed by atoms with Crippen molar-refractivity contribution < 1.29 is 19.0 Å². The number of nitrogens with zero attached hydrogens (tertiary/aromatic N) is 1. The lowest BCUT2D eigenvalue weighted by Gasteiger charge is -2.18. The summed E-state index contributed by atoms with van der Waals surface area (Å²) < 4.78 is 15.7. The zero-order valence-corrected chi connectivity index (χ0v) is 12.0. The van der Waals surface area contributed by atoms with Crippen LogP contribution >= 0.6 is 0 Å². The topological polar surface area (TPSA) is 74.0 Å². The fraction of sp³-hybridized carbons (Fsp3) is 0.500. The number of rotatable bonds is 4. The minimum atomic E-state index is -0.0720. The molecule has 6 nitrogen and oxygen atoms in total. The molecule has 0 bridgehead atoms. The maximum atomic E-state index is 12.4. The number of carbonyl (C=O) groups is 1. The van der Waals surface area contributed by atoms with E-state index in [2.05, 4.69) is 0 Å². The molecule has 1 atom stereocenters. The van der Waals surface area contributed by atoms with Crippen LogP contribution < -0.4 is 19.9 Å². The van der Waals surface area contributed by atoms with Gasteiger partial charge in [-0.05, 0) is 18.6 Å². The van der Waals surface area contributed by atoms with E-state index in [-0.39, 0.29) is 11.9 Å². The van der Waals surface area contributed by atoms with Gasteiger partial charge in [0.25, 0.3) is 5.91 Å². The van der Waals surface area contributed by atoms with Crippen molar-refractivity contribution in [1.29, 1.82) is 0 Å². The van der Waals surface area contributed by atoms with Crippen molar-refractivity contribution in [3.63, 3.8) is 0 Å². The molecule has 2 N–H and O–H groups in total. The van der Waals surface area contributed by atoms with E-state index in [4.69, 9.17) is 19.9 Å². The smallest absolute Gasteiger partial charge is 0.254 e. The number of benzene rings is 1. The Hall–Kier alpha value is -1.95. The molecule has 1 aliphatic rings. The lowest BCUT2D eigenvalue weighted by molar-refractivity contribution is 0.0790. The largest absolute Gasteiger partial charge is 0.493 e. The minimum absolute atomic E-state index is 0.0565. The molecule has 0 radical (unpaired) electrons. The Bertz CT molecular complexity index is 479. The van der Waals surface area contributed by atoms with Crippen LogP contribution in [0.25, 0.3) is 0 Å². The first kappa shape index (κ1) is 14.5. The molecule has 0 spiro atoms.